The van der Waals surface area contributed by atoms with E-state index in [1.807, 2.05) is 0 Å². The molecule has 0 spiro atoms. The van der Waals surface area contributed by atoms with Gasteiger partial charge in [-0.25, -0.2) is 14.1 Å². The van der Waals surface area contributed by atoms with E-state index in [1.165, 1.54) is 13.0 Å². The highest BCUT2D eigenvalue weighted by molar-refractivity contribution is 6.46. The molecule has 0 heterocycles. The highest BCUT2D eigenvalue weighted by atomic mass is 35.5. The second-order valence-electron chi connectivity index (χ2n) is 6.63. The summed E-state index contributed by atoms with van der Waals surface area (Å²) in [6, 6.07) is 1.18. The van der Waals surface area contributed by atoms with Crippen molar-refractivity contribution < 1.29 is 18.7 Å². The van der Waals surface area contributed by atoms with Gasteiger partial charge >= 0.3 is 6.03 Å². The number of nitrogens with one attached hydrogen (secondary N) is 2. The quantitative estimate of drug-likeness (QED) is 0.744. The van der Waals surface area contributed by atoms with Gasteiger partial charge in [-0.1, -0.05) is 11.6 Å². The molecule has 0 aromatic heterocycles. The number of hydrogen-bond acceptors (Lipinski definition) is 4. The Hall–Kier alpha value is -2.15. The Morgan fingerprint density at radius 3 is 2.50 bits per heavy atom. The Morgan fingerprint density at radius 1 is 1.35 bits per heavy atom. The lowest BCUT2D eigenvalue weighted by atomic mass is 10.2. The molecule has 1 aromatic rings. The molecule has 2 N–H and O–H groups in total. The van der Waals surface area contributed by atoms with Gasteiger partial charge in [0.25, 0.3) is 5.91 Å². The molecule has 1 aliphatic rings. The molecule has 142 valence electrons. The van der Waals surface area contributed by atoms with Crippen molar-refractivity contribution in [2.75, 3.05) is 4.90 Å². The summed E-state index contributed by atoms with van der Waals surface area (Å²) in [6.45, 7) is 4.66. The van der Waals surface area contributed by atoms with E-state index < -0.39 is 23.5 Å². The van der Waals surface area contributed by atoms with E-state index in [2.05, 4.69) is 5.32 Å². The molecule has 0 aliphatic heterocycles. The van der Waals surface area contributed by atoms with Crippen molar-refractivity contribution in [2.45, 2.75) is 58.6 Å². The summed E-state index contributed by atoms with van der Waals surface area (Å²) in [5, 5.41) is 10.2. The maximum Gasteiger partial charge on any atom is 0.329 e. The molecule has 0 radical (unpaired) electrons. The molecule has 0 saturated heterocycles. The molecule has 3 amide bonds. The zero-order valence-electron chi connectivity index (χ0n) is 15.1. The van der Waals surface area contributed by atoms with Gasteiger partial charge in [0, 0.05) is 12.1 Å². The maximum atomic E-state index is 14.5. The van der Waals surface area contributed by atoms with Crippen LogP contribution >= 0.6 is 11.6 Å². The van der Waals surface area contributed by atoms with Crippen LogP contribution in [0.2, 0.25) is 5.02 Å². The fourth-order valence-corrected chi connectivity index (χ4v) is 2.95. The van der Waals surface area contributed by atoms with E-state index in [4.69, 9.17) is 21.7 Å². The Labute approximate surface area is 157 Å². The van der Waals surface area contributed by atoms with Crippen molar-refractivity contribution in [3.05, 3.63) is 23.0 Å². The van der Waals surface area contributed by atoms with E-state index in [0.717, 1.165) is 31.7 Å². The number of halogens is 2. The Kier molecular flexibility index (Phi) is 6.58. The molecule has 0 bridgehead atoms. The molecule has 0 unspecified atom stereocenters. The fraction of sp³-hybridized carbons (Fsp3) is 0.500. The molecule has 1 aliphatic carbocycles. The summed E-state index contributed by atoms with van der Waals surface area (Å²) in [4.78, 5) is 25.4. The minimum atomic E-state index is -0.920. The van der Waals surface area contributed by atoms with Gasteiger partial charge < -0.3 is 10.1 Å². The largest absolute Gasteiger partial charge is 0.489 e. The molecule has 1 saturated carbocycles. The van der Waals surface area contributed by atoms with Crippen LogP contribution in [0, 0.1) is 11.2 Å². The van der Waals surface area contributed by atoms with E-state index in [1.54, 1.807) is 13.8 Å². The predicted octanol–water partition coefficient (Wildman–Crippen LogP) is 4.29. The number of carbonyl (C=O) groups excluding carboxylic acids is 2. The van der Waals surface area contributed by atoms with Crippen LogP contribution in [0.25, 0.3) is 0 Å². The summed E-state index contributed by atoms with van der Waals surface area (Å²) in [7, 11) is 0. The van der Waals surface area contributed by atoms with E-state index in [-0.39, 0.29) is 28.6 Å². The van der Waals surface area contributed by atoms with Crippen molar-refractivity contribution in [3.63, 3.8) is 0 Å². The first-order valence-electron chi connectivity index (χ1n) is 8.56. The lowest BCUT2D eigenvalue weighted by Gasteiger charge is -2.24. The van der Waals surface area contributed by atoms with Crippen LogP contribution in [0.15, 0.2) is 12.1 Å². The number of ether oxygens (including phenoxy) is 1. The second kappa shape index (κ2) is 8.49. The van der Waals surface area contributed by atoms with Crippen molar-refractivity contribution >= 4 is 34.9 Å². The van der Waals surface area contributed by atoms with Crippen LogP contribution in [0.4, 0.5) is 14.9 Å². The van der Waals surface area contributed by atoms with Crippen LogP contribution in [0.3, 0.4) is 0 Å². The van der Waals surface area contributed by atoms with Gasteiger partial charge in [-0.15, -0.1) is 0 Å². The van der Waals surface area contributed by atoms with Gasteiger partial charge in [-0.2, -0.15) is 0 Å². The summed E-state index contributed by atoms with van der Waals surface area (Å²) in [5.41, 5.74) is -0.686. The number of amides is 3. The maximum absolute atomic E-state index is 14.5. The van der Waals surface area contributed by atoms with Gasteiger partial charge in [-0.3, -0.25) is 10.2 Å². The van der Waals surface area contributed by atoms with E-state index in [0.29, 0.717) is 4.90 Å². The van der Waals surface area contributed by atoms with Crippen LogP contribution < -0.4 is 15.0 Å². The molecular formula is C18H23ClFN3O3. The van der Waals surface area contributed by atoms with Crippen LogP contribution in [-0.4, -0.2) is 29.8 Å². The van der Waals surface area contributed by atoms with Crippen LogP contribution in [0.5, 0.6) is 5.75 Å². The standard InChI is InChI=1S/C18H23ClFN3O3/c1-10(2)22-18(25)23(17(24)11(3)21)15-9-16(13(19)8-14(15)20)26-12-6-4-5-7-12/h8-10,12,21H,4-7H2,1-3H3,(H,22,25). The van der Waals surface area contributed by atoms with Gasteiger partial charge in [0.1, 0.15) is 11.6 Å². The average Bonchev–Trinajstić information content (AvgIpc) is 3.03. The second-order valence-corrected chi connectivity index (χ2v) is 7.04. The Morgan fingerprint density at radius 2 is 1.96 bits per heavy atom. The molecule has 1 fully saturated rings. The average molecular weight is 384 g/mol. The lowest BCUT2D eigenvalue weighted by Crippen LogP contribution is -2.48. The third kappa shape index (κ3) is 4.72. The fourth-order valence-electron chi connectivity index (χ4n) is 2.76. The first kappa shape index (κ1) is 20.2. The van der Waals surface area contributed by atoms with E-state index in [9.17, 15) is 14.0 Å². The van der Waals surface area contributed by atoms with Crippen molar-refractivity contribution in [2.24, 2.45) is 0 Å². The number of hydrogen-bond donors (Lipinski definition) is 2. The zero-order valence-corrected chi connectivity index (χ0v) is 15.8. The van der Waals surface area contributed by atoms with E-state index >= 15 is 0 Å². The molecule has 1 aromatic carbocycles. The first-order valence-corrected chi connectivity index (χ1v) is 8.94. The number of benzene rings is 1. The highest BCUT2D eigenvalue weighted by Crippen LogP contribution is 2.35. The molecular weight excluding hydrogens is 361 g/mol. The zero-order chi connectivity index (χ0) is 19.4. The molecule has 2 rings (SSSR count). The van der Waals surface area contributed by atoms with Gasteiger partial charge in [0.15, 0.2) is 0 Å². The molecule has 0 atom stereocenters. The minimum absolute atomic E-state index is 0.0241. The lowest BCUT2D eigenvalue weighted by molar-refractivity contribution is -0.112. The van der Waals surface area contributed by atoms with Crippen LogP contribution in [-0.2, 0) is 4.79 Å². The number of carbonyl (C=O) groups is 2. The van der Waals surface area contributed by atoms with Crippen molar-refractivity contribution in [1.82, 2.24) is 5.32 Å². The van der Waals surface area contributed by atoms with Gasteiger partial charge in [-0.05, 0) is 52.5 Å². The summed E-state index contributed by atoms with van der Waals surface area (Å²) >= 11 is 6.08. The normalized spacial score (nSPS) is 14.4. The molecule has 8 heteroatoms. The number of anilines is 1. The number of nitrogens with zero attached hydrogens (tertiary/aromatic N) is 1. The highest BCUT2D eigenvalue weighted by Gasteiger charge is 2.29. The topological polar surface area (TPSA) is 82.5 Å². The van der Waals surface area contributed by atoms with Crippen molar-refractivity contribution in [1.29, 1.82) is 5.41 Å². The first-order chi connectivity index (χ1) is 12.2. The summed E-state index contributed by atoms with van der Waals surface area (Å²) in [5.74, 6) is -1.55. The van der Waals surface area contributed by atoms with Gasteiger partial charge in [0.2, 0.25) is 0 Å². The SMILES string of the molecule is CC(=N)C(=O)N(C(=O)NC(C)C)c1cc(OC2CCCC2)c(Cl)cc1F. The molecule has 26 heavy (non-hydrogen) atoms. The van der Waals surface area contributed by atoms with Crippen LogP contribution in [0.1, 0.15) is 46.5 Å². The number of urea groups is 1. The third-order valence-electron chi connectivity index (χ3n) is 3.98. The number of imide groups is 1. The predicted molar refractivity (Wildman–Crippen MR) is 98.8 cm³/mol. The Bertz CT molecular complexity index is 718. The monoisotopic (exact) mass is 383 g/mol. The smallest absolute Gasteiger partial charge is 0.329 e. The van der Waals surface area contributed by atoms with Crippen molar-refractivity contribution in [3.8, 4) is 5.75 Å². The van der Waals surface area contributed by atoms with Gasteiger partial charge in [0.05, 0.1) is 22.5 Å². The summed E-state index contributed by atoms with van der Waals surface area (Å²) < 4.78 is 20.4. The minimum Gasteiger partial charge on any atom is -0.489 e. The molecule has 6 nitrogen and oxygen atoms in total. The number of rotatable bonds is 5. The third-order valence-corrected chi connectivity index (χ3v) is 4.27. The summed E-state index contributed by atoms with van der Waals surface area (Å²) in [6.07, 6.45) is 3.82. The Balaban J connectivity index is 2.43.